The van der Waals surface area contributed by atoms with E-state index in [1.807, 2.05) is 0 Å². The van der Waals surface area contributed by atoms with E-state index in [1.54, 1.807) is 0 Å². The minimum absolute atomic E-state index is 0.103. The van der Waals surface area contributed by atoms with Gasteiger partial charge in [0.15, 0.2) is 10.9 Å². The molecule has 0 aromatic carbocycles. The maximum absolute atomic E-state index is 11.8. The molecule has 78 valence electrons. The van der Waals surface area contributed by atoms with E-state index < -0.39 is 12.1 Å². The molecule has 1 rings (SSSR count). The fourth-order valence-electron chi connectivity index (χ4n) is 0.774. The molecule has 0 saturated carbocycles. The molecule has 3 nitrogen and oxygen atoms in total. The van der Waals surface area contributed by atoms with Gasteiger partial charge in [0, 0.05) is 6.54 Å². The predicted molar refractivity (Wildman–Crippen MR) is 43.8 cm³/mol. The summed E-state index contributed by atoms with van der Waals surface area (Å²) >= 11 is 5.42. The predicted octanol–water partition coefficient (Wildman–Crippen LogP) is 2.09. The zero-order valence-corrected chi connectivity index (χ0v) is 7.56. The Labute approximate surface area is 82.6 Å². The lowest BCUT2D eigenvalue weighted by Crippen LogP contribution is -2.17. The molecule has 1 heterocycles. The first-order chi connectivity index (χ1) is 6.42. The molecule has 14 heavy (non-hydrogen) atoms. The number of hydrogen-bond donors (Lipinski definition) is 1. The number of halogens is 4. The Kier molecular flexibility index (Phi) is 3.17. The highest BCUT2D eigenvalue weighted by atomic mass is 35.5. The van der Waals surface area contributed by atoms with Crippen LogP contribution in [0.4, 0.5) is 13.2 Å². The Morgan fingerprint density at radius 1 is 1.43 bits per heavy atom. The van der Waals surface area contributed by atoms with Gasteiger partial charge in [-0.3, -0.25) is 0 Å². The summed E-state index contributed by atoms with van der Waals surface area (Å²) in [5.74, 6) is -0.531. The maximum Gasteiger partial charge on any atom is 0.573 e. The largest absolute Gasteiger partial charge is 0.573 e. The van der Waals surface area contributed by atoms with E-state index in [0.717, 1.165) is 6.07 Å². The van der Waals surface area contributed by atoms with Crippen LogP contribution >= 0.6 is 11.6 Å². The summed E-state index contributed by atoms with van der Waals surface area (Å²) in [6.07, 6.45) is -4.77. The van der Waals surface area contributed by atoms with Gasteiger partial charge in [0.05, 0.1) is 5.69 Å². The van der Waals surface area contributed by atoms with Crippen LogP contribution in [-0.2, 0) is 6.54 Å². The molecule has 0 saturated heterocycles. The van der Waals surface area contributed by atoms with E-state index in [2.05, 4.69) is 9.72 Å². The minimum atomic E-state index is -4.77. The summed E-state index contributed by atoms with van der Waals surface area (Å²) in [6, 6.07) is 2.39. The number of hydrogen-bond acceptors (Lipinski definition) is 3. The second kappa shape index (κ2) is 4.02. The molecule has 0 radical (unpaired) electrons. The SMILES string of the molecule is NCc1ccc(OC(F)(F)F)c(Cl)n1. The van der Waals surface area contributed by atoms with Crippen molar-refractivity contribution in [3.05, 3.63) is 23.0 Å². The molecule has 0 bridgehead atoms. The van der Waals surface area contributed by atoms with Gasteiger partial charge >= 0.3 is 6.36 Å². The van der Waals surface area contributed by atoms with Crippen molar-refractivity contribution in [1.82, 2.24) is 4.98 Å². The van der Waals surface area contributed by atoms with Gasteiger partial charge in [-0.2, -0.15) is 0 Å². The molecule has 0 atom stereocenters. The summed E-state index contributed by atoms with van der Waals surface area (Å²) in [5.41, 5.74) is 5.60. The highest BCUT2D eigenvalue weighted by molar-refractivity contribution is 6.30. The van der Waals surface area contributed by atoms with Crippen LogP contribution in [0.2, 0.25) is 5.15 Å². The summed E-state index contributed by atoms with van der Waals surface area (Å²) in [5, 5.41) is -0.356. The molecule has 1 aromatic rings. The number of aromatic nitrogens is 1. The number of rotatable bonds is 2. The normalized spacial score (nSPS) is 11.5. The second-order valence-electron chi connectivity index (χ2n) is 2.34. The molecule has 2 N–H and O–H groups in total. The highest BCUT2D eigenvalue weighted by Crippen LogP contribution is 2.28. The Morgan fingerprint density at radius 3 is 2.50 bits per heavy atom. The average Bonchev–Trinajstić information content (AvgIpc) is 2.06. The van der Waals surface area contributed by atoms with E-state index in [9.17, 15) is 13.2 Å². The lowest BCUT2D eigenvalue weighted by molar-refractivity contribution is -0.274. The number of nitrogens with zero attached hydrogens (tertiary/aromatic N) is 1. The van der Waals surface area contributed by atoms with Gasteiger partial charge in [-0.15, -0.1) is 13.2 Å². The summed E-state index contributed by atoms with van der Waals surface area (Å²) in [6.45, 7) is 0.103. The van der Waals surface area contributed by atoms with Crippen LogP contribution in [-0.4, -0.2) is 11.3 Å². The van der Waals surface area contributed by atoms with Crippen molar-refractivity contribution in [2.24, 2.45) is 5.73 Å². The summed E-state index contributed by atoms with van der Waals surface area (Å²) < 4.78 is 38.9. The average molecular weight is 227 g/mol. The summed E-state index contributed by atoms with van der Waals surface area (Å²) in [4.78, 5) is 3.59. The van der Waals surface area contributed by atoms with E-state index >= 15 is 0 Å². The molecular formula is C7H6ClF3N2O. The Bertz CT molecular complexity index is 329. The molecule has 1 aromatic heterocycles. The van der Waals surface area contributed by atoms with Crippen molar-refractivity contribution in [1.29, 1.82) is 0 Å². The van der Waals surface area contributed by atoms with Gasteiger partial charge in [-0.25, -0.2) is 4.98 Å². The van der Waals surface area contributed by atoms with E-state index in [1.165, 1.54) is 6.07 Å². The van der Waals surface area contributed by atoms with Crippen molar-refractivity contribution in [2.75, 3.05) is 0 Å². The quantitative estimate of drug-likeness (QED) is 0.786. The number of nitrogens with two attached hydrogens (primary N) is 1. The Hall–Kier alpha value is -1.01. The third-order valence-corrected chi connectivity index (χ3v) is 1.58. The van der Waals surface area contributed by atoms with Gasteiger partial charge in [0.25, 0.3) is 0 Å². The first-order valence-corrected chi connectivity index (χ1v) is 3.91. The van der Waals surface area contributed by atoms with Crippen LogP contribution in [0.15, 0.2) is 12.1 Å². The van der Waals surface area contributed by atoms with Crippen molar-refractivity contribution >= 4 is 11.6 Å². The van der Waals surface area contributed by atoms with Crippen molar-refractivity contribution < 1.29 is 17.9 Å². The topological polar surface area (TPSA) is 48.1 Å². The van der Waals surface area contributed by atoms with Crippen molar-refractivity contribution in [3.8, 4) is 5.75 Å². The van der Waals surface area contributed by atoms with Gasteiger partial charge in [0.2, 0.25) is 0 Å². The lowest BCUT2D eigenvalue weighted by Gasteiger charge is -2.09. The molecule has 7 heteroatoms. The molecule has 0 fully saturated rings. The molecule has 0 amide bonds. The third-order valence-electron chi connectivity index (χ3n) is 1.31. The first-order valence-electron chi connectivity index (χ1n) is 3.53. The lowest BCUT2D eigenvalue weighted by atomic mass is 10.3. The van der Waals surface area contributed by atoms with E-state index in [-0.39, 0.29) is 11.7 Å². The molecule has 0 aliphatic heterocycles. The number of alkyl halides is 3. The zero-order chi connectivity index (χ0) is 10.8. The van der Waals surface area contributed by atoms with Crippen LogP contribution in [0.1, 0.15) is 5.69 Å². The monoisotopic (exact) mass is 226 g/mol. The minimum Gasteiger partial charge on any atom is -0.402 e. The fourth-order valence-corrected chi connectivity index (χ4v) is 0.984. The Morgan fingerprint density at radius 2 is 2.07 bits per heavy atom. The number of ether oxygens (including phenoxy) is 1. The van der Waals surface area contributed by atoms with Gasteiger partial charge in [-0.05, 0) is 12.1 Å². The second-order valence-corrected chi connectivity index (χ2v) is 2.70. The van der Waals surface area contributed by atoms with Crippen LogP contribution in [0.5, 0.6) is 5.75 Å². The zero-order valence-electron chi connectivity index (χ0n) is 6.81. The molecule has 0 spiro atoms. The molecular weight excluding hydrogens is 221 g/mol. The molecule has 0 aliphatic carbocycles. The molecule has 0 aliphatic rings. The highest BCUT2D eigenvalue weighted by Gasteiger charge is 2.32. The van der Waals surface area contributed by atoms with Crippen molar-refractivity contribution in [3.63, 3.8) is 0 Å². The summed E-state index contributed by atoms with van der Waals surface area (Å²) in [7, 11) is 0. The third kappa shape index (κ3) is 3.04. The standard InChI is InChI=1S/C7H6ClF3N2O/c8-6-5(14-7(9,10)11)2-1-4(3-12)13-6/h1-2H,3,12H2. The first kappa shape index (κ1) is 11.1. The maximum atomic E-state index is 11.8. The van der Waals surface area contributed by atoms with Crippen LogP contribution in [0.25, 0.3) is 0 Å². The van der Waals surface area contributed by atoms with Gasteiger partial charge < -0.3 is 10.5 Å². The van der Waals surface area contributed by atoms with Crippen LogP contribution in [0, 0.1) is 0 Å². The van der Waals surface area contributed by atoms with E-state index in [4.69, 9.17) is 17.3 Å². The molecule has 0 unspecified atom stereocenters. The van der Waals surface area contributed by atoms with Gasteiger partial charge in [-0.1, -0.05) is 11.6 Å². The van der Waals surface area contributed by atoms with Gasteiger partial charge in [0.1, 0.15) is 0 Å². The van der Waals surface area contributed by atoms with Crippen LogP contribution in [0.3, 0.4) is 0 Å². The number of pyridine rings is 1. The van der Waals surface area contributed by atoms with Crippen LogP contribution < -0.4 is 10.5 Å². The van der Waals surface area contributed by atoms with Crippen molar-refractivity contribution in [2.45, 2.75) is 12.9 Å². The Balaban J connectivity index is 2.89. The van der Waals surface area contributed by atoms with E-state index in [0.29, 0.717) is 5.69 Å². The smallest absolute Gasteiger partial charge is 0.402 e. The fraction of sp³-hybridized carbons (Fsp3) is 0.286.